The molecule has 8 atom stereocenters. The summed E-state index contributed by atoms with van der Waals surface area (Å²) >= 11 is 0. The number of methoxy groups -OCH3 is 1. The second kappa shape index (κ2) is 8.57. The van der Waals surface area contributed by atoms with Crippen molar-refractivity contribution in [2.24, 2.45) is 39.3 Å². The Morgan fingerprint density at radius 2 is 2.00 bits per heavy atom. The van der Waals surface area contributed by atoms with Crippen LogP contribution in [-0.4, -0.2) is 69.6 Å². The van der Waals surface area contributed by atoms with Gasteiger partial charge in [0.05, 0.1) is 25.2 Å². The lowest BCUT2D eigenvalue weighted by atomic mass is 9.44. The Bertz CT molecular complexity index is 905. The quantitative estimate of drug-likeness (QED) is 0.313. The van der Waals surface area contributed by atoms with Gasteiger partial charge in [-0.3, -0.25) is 4.90 Å². The minimum absolute atomic E-state index is 0.134. The Labute approximate surface area is 203 Å². The van der Waals surface area contributed by atoms with Crippen molar-refractivity contribution in [3.05, 3.63) is 11.1 Å². The molecule has 5 rings (SSSR count). The molecule has 2 spiro atoms. The number of likely N-dealkylation sites (tertiary alicyclic amines) is 1. The number of fused-ring (bicyclic) bond motifs is 1. The number of nitrogens with two attached hydrogens (primary N) is 1. The van der Waals surface area contributed by atoms with Crippen molar-refractivity contribution in [1.29, 1.82) is 0 Å². The number of carboxylic acid groups (broad SMARTS) is 1. The van der Waals surface area contributed by atoms with Crippen LogP contribution in [0.2, 0.25) is 0 Å². The molecule has 4 aliphatic carbocycles. The molecular weight excluding hydrogens is 432 g/mol. The molecule has 1 unspecified atom stereocenters. The second-order valence-corrected chi connectivity index (χ2v) is 11.6. The number of aliphatic hydroxyl groups is 1. The lowest BCUT2D eigenvalue weighted by molar-refractivity contribution is -0.828. The van der Waals surface area contributed by atoms with Crippen LogP contribution in [0.4, 0.5) is 0 Å². The average molecular weight is 475 g/mol. The summed E-state index contributed by atoms with van der Waals surface area (Å²) in [5.41, 5.74) is 5.56. The molecule has 0 amide bonds. The normalized spacial score (nSPS) is 46.4. The number of rotatable bonds is 4. The maximum atomic E-state index is 12.8. The Morgan fingerprint density at radius 1 is 1.26 bits per heavy atom. The van der Waals surface area contributed by atoms with E-state index in [0.29, 0.717) is 36.6 Å². The summed E-state index contributed by atoms with van der Waals surface area (Å²) in [5, 5.41) is 28.5. The Hall–Kier alpha value is -1.48. The Morgan fingerprint density at radius 3 is 2.68 bits per heavy atom. The zero-order chi connectivity index (χ0) is 24.3. The first-order valence-electron chi connectivity index (χ1n) is 13.2. The lowest BCUT2D eigenvalue weighted by Gasteiger charge is -2.61. The second-order valence-electron chi connectivity index (χ2n) is 11.6. The zero-order valence-corrected chi connectivity index (χ0v) is 21.0. The predicted molar refractivity (Wildman–Crippen MR) is 127 cm³/mol. The van der Waals surface area contributed by atoms with Gasteiger partial charge in [0.2, 0.25) is 0 Å². The van der Waals surface area contributed by atoms with Gasteiger partial charge in [-0.05, 0) is 69.9 Å². The number of aliphatic imine (C=N–C) groups is 1. The molecule has 0 aromatic rings. The third kappa shape index (κ3) is 2.98. The van der Waals surface area contributed by atoms with E-state index < -0.39 is 17.7 Å². The van der Waals surface area contributed by atoms with Crippen molar-refractivity contribution in [3.8, 4) is 0 Å². The Kier molecular flexibility index (Phi) is 6.11. The fraction of sp³-hybridized carbons (Fsp3) is 0.846. The standard InChI is InChI=1S/C26H42N4O4/c1-28-13-18-10-11-30(23(27)29-2)15-25(18)17-9-8-16-6-4-5-7-20(34-3)26(33)14-24(16,25)19(12-17)21(26)22(31)32/h16-18,20,28,33H,4-15H2,1-3H3,(H2,27,29)(H,31,32)/t16-,17-,18-,20+,24+,25-,26-/m1/s1. The van der Waals surface area contributed by atoms with Crippen LogP contribution in [0.15, 0.2) is 16.1 Å². The topological polar surface area (TPSA) is 124 Å². The van der Waals surface area contributed by atoms with Crippen LogP contribution in [0.25, 0.3) is 0 Å². The van der Waals surface area contributed by atoms with Crippen LogP contribution in [0.3, 0.4) is 0 Å². The Balaban J connectivity index is 1.77. The van der Waals surface area contributed by atoms with Crippen molar-refractivity contribution in [2.45, 2.75) is 69.5 Å². The van der Waals surface area contributed by atoms with E-state index in [4.69, 9.17) is 10.5 Å². The van der Waals surface area contributed by atoms with E-state index in [1.54, 1.807) is 14.2 Å². The third-order valence-corrected chi connectivity index (χ3v) is 10.8. The number of hydrogen-bond acceptors (Lipinski definition) is 6. The number of carbonyl (C=O) groups is 1. The van der Waals surface area contributed by atoms with Crippen molar-refractivity contribution in [3.63, 3.8) is 0 Å². The lowest BCUT2D eigenvalue weighted by Crippen LogP contribution is -3.19. The van der Waals surface area contributed by atoms with Crippen LogP contribution in [0.1, 0.15) is 57.8 Å². The summed E-state index contributed by atoms with van der Waals surface area (Å²) in [5.74, 6) is 0.566. The highest BCUT2D eigenvalue weighted by Gasteiger charge is 2.77. The van der Waals surface area contributed by atoms with Gasteiger partial charge in [-0.25, -0.2) is 4.99 Å². The minimum Gasteiger partial charge on any atom is -0.545 e. The molecule has 8 heteroatoms. The molecule has 5 aliphatic rings. The van der Waals surface area contributed by atoms with E-state index in [0.717, 1.165) is 70.2 Å². The molecule has 1 heterocycles. The maximum Gasteiger partial charge on any atom is 0.293 e. The first kappa shape index (κ1) is 24.2. The summed E-state index contributed by atoms with van der Waals surface area (Å²) < 4.78 is 5.83. The van der Waals surface area contributed by atoms with Crippen LogP contribution in [0.5, 0.6) is 0 Å². The monoisotopic (exact) mass is 474 g/mol. The molecule has 1 saturated heterocycles. The molecular formula is C26H42N4O4. The molecule has 4 fully saturated rings. The summed E-state index contributed by atoms with van der Waals surface area (Å²) in [4.78, 5) is 18.3. The number of nitrogens with zero attached hydrogens (tertiary/aromatic N) is 1. The first-order chi connectivity index (χ1) is 16.3. The fourth-order valence-electron chi connectivity index (χ4n) is 9.74. The highest BCUT2D eigenvalue weighted by molar-refractivity contribution is 5.90. The van der Waals surface area contributed by atoms with Crippen molar-refractivity contribution >= 4 is 11.9 Å². The van der Waals surface area contributed by atoms with E-state index in [-0.39, 0.29) is 16.4 Å². The maximum absolute atomic E-state index is 12.8. The number of quaternary nitrogens is 1. The molecule has 34 heavy (non-hydrogen) atoms. The van der Waals surface area contributed by atoms with Crippen LogP contribution < -0.4 is 21.1 Å². The van der Waals surface area contributed by atoms with Gasteiger partial charge in [-0.2, -0.15) is 0 Å². The first-order valence-corrected chi connectivity index (χ1v) is 13.2. The number of hydrogen-bond donors (Lipinski definition) is 4. The SMILES string of the molecule is CN=C(N)[NH+]1CC[C@H](CNC)[C@@]2(C1)[C@@H]1CC[C@H]3CCCC[C@H](OC)[C@]4(O)C[C@@]32C(=C4C(=O)[O-])C1. The summed E-state index contributed by atoms with van der Waals surface area (Å²) in [7, 11) is 5.37. The summed E-state index contributed by atoms with van der Waals surface area (Å²) in [6, 6.07) is 0. The third-order valence-electron chi connectivity index (χ3n) is 10.8. The van der Waals surface area contributed by atoms with E-state index in [2.05, 4.69) is 10.3 Å². The zero-order valence-electron chi connectivity index (χ0n) is 21.0. The smallest absolute Gasteiger partial charge is 0.293 e. The molecule has 0 aromatic carbocycles. The highest BCUT2D eigenvalue weighted by atomic mass is 16.5. The van der Waals surface area contributed by atoms with Gasteiger partial charge in [-0.15, -0.1) is 0 Å². The van der Waals surface area contributed by atoms with Gasteiger partial charge < -0.3 is 30.8 Å². The van der Waals surface area contributed by atoms with Gasteiger partial charge >= 0.3 is 0 Å². The molecule has 8 nitrogen and oxygen atoms in total. The van der Waals surface area contributed by atoms with Gasteiger partial charge in [0.25, 0.3) is 5.96 Å². The molecule has 5 N–H and O–H groups in total. The average Bonchev–Trinajstić information content (AvgIpc) is 3.17. The largest absolute Gasteiger partial charge is 0.545 e. The number of aliphatic carboxylic acids is 1. The van der Waals surface area contributed by atoms with Gasteiger partial charge in [0, 0.05) is 37.0 Å². The van der Waals surface area contributed by atoms with Crippen LogP contribution in [-0.2, 0) is 9.53 Å². The van der Waals surface area contributed by atoms with Gasteiger partial charge in [-0.1, -0.05) is 18.4 Å². The molecule has 0 radical (unpaired) electrons. The number of guanidine groups is 1. The van der Waals surface area contributed by atoms with Gasteiger partial charge in [0.15, 0.2) is 0 Å². The van der Waals surface area contributed by atoms with Crippen molar-refractivity contribution < 1.29 is 24.6 Å². The number of carbonyl (C=O) groups excluding carboxylic acids is 1. The number of ether oxygens (including phenoxy) is 1. The van der Waals surface area contributed by atoms with E-state index >= 15 is 0 Å². The predicted octanol–water partition coefficient (Wildman–Crippen LogP) is -0.772. The summed E-state index contributed by atoms with van der Waals surface area (Å²) in [6.07, 6.45) is 7.65. The molecule has 3 bridgehead atoms. The molecule has 3 saturated carbocycles. The minimum atomic E-state index is -1.51. The van der Waals surface area contributed by atoms with E-state index in [1.807, 2.05) is 7.05 Å². The van der Waals surface area contributed by atoms with Gasteiger partial charge in [0.1, 0.15) is 5.60 Å². The van der Waals surface area contributed by atoms with Crippen LogP contribution in [0, 0.1) is 28.6 Å². The molecule has 0 aromatic heterocycles. The van der Waals surface area contributed by atoms with Crippen LogP contribution >= 0.6 is 0 Å². The summed E-state index contributed by atoms with van der Waals surface area (Å²) in [6.45, 7) is 2.67. The number of carboxylic acids is 1. The van der Waals surface area contributed by atoms with E-state index in [1.165, 1.54) is 4.90 Å². The molecule has 190 valence electrons. The molecule has 1 aliphatic heterocycles. The fourth-order valence-corrected chi connectivity index (χ4v) is 9.74. The van der Waals surface area contributed by atoms with Crippen molar-refractivity contribution in [1.82, 2.24) is 5.32 Å². The van der Waals surface area contributed by atoms with Crippen molar-refractivity contribution in [2.75, 3.05) is 40.8 Å². The highest BCUT2D eigenvalue weighted by Crippen LogP contribution is 2.77. The number of allylic oxidation sites excluding steroid dienone is 1. The number of nitrogens with one attached hydrogen (secondary N) is 2. The number of piperidine rings is 1. The van der Waals surface area contributed by atoms with E-state index in [9.17, 15) is 15.0 Å².